The van der Waals surface area contributed by atoms with E-state index in [1.54, 1.807) is 70.6 Å². The van der Waals surface area contributed by atoms with Gasteiger partial charge >= 0.3 is 5.97 Å². The fourth-order valence-corrected chi connectivity index (χ4v) is 5.09. The van der Waals surface area contributed by atoms with Crippen LogP contribution in [0.3, 0.4) is 0 Å². The minimum absolute atomic E-state index is 0.173. The van der Waals surface area contributed by atoms with E-state index in [1.165, 1.54) is 4.88 Å². The Balaban J connectivity index is 0.000000441. The summed E-state index contributed by atoms with van der Waals surface area (Å²) < 4.78 is 5.33. The first kappa shape index (κ1) is 36.1. The Kier molecular flexibility index (Phi) is 12.3. The van der Waals surface area contributed by atoms with Crippen LogP contribution in [-0.4, -0.2) is 58.0 Å². The number of nitrogens with one attached hydrogen (secondary N) is 2. The van der Waals surface area contributed by atoms with E-state index in [1.807, 2.05) is 48.5 Å². The topological polar surface area (TPSA) is 131 Å². The highest BCUT2D eigenvalue weighted by atomic mass is 32.1. The summed E-state index contributed by atoms with van der Waals surface area (Å²) in [7, 11) is 1.71. The first-order valence-corrected chi connectivity index (χ1v) is 15.9. The Labute approximate surface area is 275 Å². The number of ether oxygens (including phenoxy) is 1. The Morgan fingerprint density at radius 3 is 1.96 bits per heavy atom. The first-order valence-electron chi connectivity index (χ1n) is 15.1. The second-order valence-corrected chi connectivity index (χ2v) is 14.0. The number of rotatable bonds is 9. The van der Waals surface area contributed by atoms with Gasteiger partial charge in [-0.2, -0.15) is 0 Å². The number of aldehydes is 1. The number of hydrogen-bond acceptors (Lipinski definition) is 9. The van der Waals surface area contributed by atoms with Crippen LogP contribution < -0.4 is 10.6 Å². The zero-order valence-electron chi connectivity index (χ0n) is 27.8. The van der Waals surface area contributed by atoms with Crippen LogP contribution in [0.2, 0.25) is 0 Å². The molecule has 0 saturated heterocycles. The lowest BCUT2D eigenvalue weighted by Crippen LogP contribution is -2.50. The molecule has 0 radical (unpaired) electrons. The second kappa shape index (κ2) is 15.7. The SMILES string of the molecule is CC(C)(C)c1ccc(C=O)s1.CNC(Cc1ccc(-c2ncc(-c3ccc(O)cc3)cn2)cc1)C(=O)N[C@H](C)C(=O)OC(C)(C)C. The molecule has 4 rings (SSSR count). The van der Waals surface area contributed by atoms with E-state index in [-0.39, 0.29) is 17.1 Å². The lowest BCUT2D eigenvalue weighted by molar-refractivity contribution is -0.158. The van der Waals surface area contributed by atoms with Crippen LogP contribution in [0.15, 0.2) is 73.1 Å². The van der Waals surface area contributed by atoms with Gasteiger partial charge in [-0.3, -0.25) is 9.59 Å². The van der Waals surface area contributed by atoms with E-state index in [4.69, 9.17) is 4.74 Å². The van der Waals surface area contributed by atoms with E-state index in [0.29, 0.717) is 12.2 Å². The van der Waals surface area contributed by atoms with Crippen molar-refractivity contribution in [2.24, 2.45) is 0 Å². The number of esters is 1. The molecule has 4 aromatic rings. The van der Waals surface area contributed by atoms with Crippen molar-refractivity contribution in [2.75, 3.05) is 7.05 Å². The number of aromatic nitrogens is 2. The quantitative estimate of drug-likeness (QED) is 0.142. The molecule has 0 bridgehead atoms. The van der Waals surface area contributed by atoms with Gasteiger partial charge in [0.1, 0.15) is 17.4 Å². The third kappa shape index (κ3) is 10.9. The minimum Gasteiger partial charge on any atom is -0.508 e. The number of carbonyl (C=O) groups excluding carboxylic acids is 3. The van der Waals surface area contributed by atoms with Gasteiger partial charge in [-0.1, -0.05) is 57.2 Å². The Bertz CT molecular complexity index is 1590. The normalized spacial score (nSPS) is 12.7. The van der Waals surface area contributed by atoms with Crippen molar-refractivity contribution < 1.29 is 24.2 Å². The standard InChI is InChI=1S/C27H32N4O4.C9H12OS/c1-17(26(34)35-27(2,3)4)31-25(33)23(28-5)14-18-6-8-20(9-7-18)24-29-15-21(16-30-24)19-10-12-22(32)13-11-19;1-9(2,3)8-5-4-7(6-10)11-8/h6-13,15-17,23,28,32H,14H2,1-5H3,(H,31,33);4-6H,1-3H3/t17-,23?;/m1./s1. The minimum atomic E-state index is -0.748. The van der Waals surface area contributed by atoms with Gasteiger partial charge in [0.15, 0.2) is 12.1 Å². The Morgan fingerprint density at radius 1 is 0.891 bits per heavy atom. The number of amides is 1. The smallest absolute Gasteiger partial charge is 0.328 e. The Morgan fingerprint density at radius 2 is 1.48 bits per heavy atom. The summed E-state index contributed by atoms with van der Waals surface area (Å²) in [5.74, 6) is 0.0553. The number of aromatic hydroxyl groups is 1. The number of likely N-dealkylation sites (N-methyl/N-ethyl adjacent to an activating group) is 1. The van der Waals surface area contributed by atoms with E-state index in [2.05, 4.69) is 41.4 Å². The van der Waals surface area contributed by atoms with Crippen LogP contribution in [0.5, 0.6) is 5.75 Å². The van der Waals surface area contributed by atoms with Crippen molar-refractivity contribution in [3.05, 3.63) is 88.4 Å². The Hall–Kier alpha value is -4.41. The molecule has 2 aromatic carbocycles. The summed E-state index contributed by atoms with van der Waals surface area (Å²) in [6.07, 6.45) is 4.84. The molecule has 0 saturated carbocycles. The van der Waals surface area contributed by atoms with Crippen molar-refractivity contribution >= 4 is 29.5 Å². The van der Waals surface area contributed by atoms with Crippen molar-refractivity contribution in [2.45, 2.75) is 78.0 Å². The second-order valence-electron chi connectivity index (χ2n) is 12.9. The monoisotopic (exact) mass is 644 g/mol. The van der Waals surface area contributed by atoms with Crippen LogP contribution in [0, 0.1) is 0 Å². The summed E-state index contributed by atoms with van der Waals surface area (Å²) >= 11 is 1.57. The molecule has 3 N–H and O–H groups in total. The molecule has 244 valence electrons. The summed E-state index contributed by atoms with van der Waals surface area (Å²) in [5.41, 5.74) is 3.14. The molecule has 0 aliphatic rings. The molecular weight excluding hydrogens is 600 g/mol. The molecule has 0 aliphatic heterocycles. The van der Waals surface area contributed by atoms with Crippen LogP contribution >= 0.6 is 11.3 Å². The predicted molar refractivity (Wildman–Crippen MR) is 183 cm³/mol. The van der Waals surface area contributed by atoms with Gasteiger partial charge in [0, 0.05) is 28.4 Å². The number of nitrogens with zero attached hydrogens (tertiary/aromatic N) is 2. The molecular formula is C36H44N4O5S. The zero-order chi connectivity index (χ0) is 34.1. The fourth-order valence-electron chi connectivity index (χ4n) is 4.21. The van der Waals surface area contributed by atoms with Crippen molar-refractivity contribution in [3.63, 3.8) is 0 Å². The average molecular weight is 645 g/mol. The maximum Gasteiger partial charge on any atom is 0.328 e. The predicted octanol–water partition coefficient (Wildman–Crippen LogP) is 6.35. The van der Waals surface area contributed by atoms with E-state index < -0.39 is 23.7 Å². The molecule has 2 heterocycles. The van der Waals surface area contributed by atoms with Crippen LogP contribution in [0.25, 0.3) is 22.5 Å². The third-order valence-electron chi connectivity index (χ3n) is 6.77. The third-order valence-corrected chi connectivity index (χ3v) is 8.21. The summed E-state index contributed by atoms with van der Waals surface area (Å²) in [6, 6.07) is 17.2. The number of phenols is 1. The number of phenolic OH excluding ortho intramolecular Hbond substituents is 1. The fraction of sp³-hybridized carbons (Fsp3) is 0.361. The van der Waals surface area contributed by atoms with Gasteiger partial charge in [-0.05, 0) is 82.0 Å². The number of carbonyl (C=O) groups is 3. The van der Waals surface area contributed by atoms with E-state index >= 15 is 0 Å². The maximum atomic E-state index is 12.7. The number of hydrogen-bond donors (Lipinski definition) is 3. The van der Waals surface area contributed by atoms with Crippen LogP contribution in [-0.2, 0) is 26.2 Å². The zero-order valence-corrected chi connectivity index (χ0v) is 28.6. The van der Waals surface area contributed by atoms with E-state index in [9.17, 15) is 19.5 Å². The molecule has 2 aromatic heterocycles. The van der Waals surface area contributed by atoms with Crippen molar-refractivity contribution in [3.8, 4) is 28.3 Å². The molecule has 46 heavy (non-hydrogen) atoms. The first-order chi connectivity index (χ1) is 21.6. The molecule has 1 unspecified atom stereocenters. The van der Waals surface area contributed by atoms with Crippen molar-refractivity contribution in [1.29, 1.82) is 0 Å². The van der Waals surface area contributed by atoms with Gasteiger partial charge in [0.05, 0.1) is 10.9 Å². The summed E-state index contributed by atoms with van der Waals surface area (Å²) in [4.78, 5) is 46.2. The lowest BCUT2D eigenvalue weighted by Gasteiger charge is -2.24. The number of thiophene rings is 1. The molecule has 0 aliphatic carbocycles. The van der Waals surface area contributed by atoms with Gasteiger partial charge in [0.25, 0.3) is 0 Å². The number of benzene rings is 2. The van der Waals surface area contributed by atoms with E-state index in [0.717, 1.165) is 33.4 Å². The molecule has 0 spiro atoms. The maximum absolute atomic E-state index is 12.7. The molecule has 0 fully saturated rings. The lowest BCUT2D eigenvalue weighted by atomic mass is 9.95. The highest BCUT2D eigenvalue weighted by molar-refractivity contribution is 7.13. The summed E-state index contributed by atoms with van der Waals surface area (Å²) in [6.45, 7) is 13.4. The van der Waals surface area contributed by atoms with Gasteiger partial charge < -0.3 is 20.5 Å². The van der Waals surface area contributed by atoms with Crippen molar-refractivity contribution in [1.82, 2.24) is 20.6 Å². The van der Waals surface area contributed by atoms with Gasteiger partial charge in [-0.15, -0.1) is 11.3 Å². The highest BCUT2D eigenvalue weighted by Gasteiger charge is 2.26. The van der Waals surface area contributed by atoms with Crippen LogP contribution in [0.1, 0.15) is 68.6 Å². The molecule has 1 amide bonds. The van der Waals surface area contributed by atoms with Gasteiger partial charge in [0.2, 0.25) is 5.91 Å². The van der Waals surface area contributed by atoms with Crippen LogP contribution in [0.4, 0.5) is 0 Å². The average Bonchev–Trinajstić information content (AvgIpc) is 3.51. The largest absolute Gasteiger partial charge is 0.508 e. The van der Waals surface area contributed by atoms with Gasteiger partial charge in [-0.25, -0.2) is 14.8 Å². The molecule has 9 nitrogen and oxygen atoms in total. The molecule has 2 atom stereocenters. The summed E-state index contributed by atoms with van der Waals surface area (Å²) in [5, 5.41) is 15.2. The molecule has 10 heteroatoms. The highest BCUT2D eigenvalue weighted by Crippen LogP contribution is 2.28.